The van der Waals surface area contributed by atoms with Gasteiger partial charge in [0.1, 0.15) is 0 Å². The maximum absolute atomic E-state index is 12.5. The van der Waals surface area contributed by atoms with Gasteiger partial charge >= 0.3 is 0 Å². The number of nitrogens with zero attached hydrogens (tertiary/aromatic N) is 2. The number of carbonyl (C=O) groups excluding carboxylic acids is 1. The maximum Gasteiger partial charge on any atom is 0.255 e. The van der Waals surface area contributed by atoms with Crippen molar-refractivity contribution in [1.29, 1.82) is 0 Å². The molecular formula is C23H23N3O3S. The Morgan fingerprint density at radius 3 is 2.17 bits per heavy atom. The lowest BCUT2D eigenvalue weighted by molar-refractivity contribution is -0.121. The molecule has 0 spiro atoms. The minimum absolute atomic E-state index is 0.144. The smallest absolute Gasteiger partial charge is 0.255 e. The lowest BCUT2D eigenvalue weighted by Gasteiger charge is -2.16. The Bertz CT molecular complexity index is 1120. The van der Waals surface area contributed by atoms with Gasteiger partial charge < -0.3 is 0 Å². The fourth-order valence-electron chi connectivity index (χ4n) is 2.78. The molecule has 7 heteroatoms. The van der Waals surface area contributed by atoms with Gasteiger partial charge in [0.15, 0.2) is 0 Å². The largest absolute Gasteiger partial charge is 0.272 e. The first-order valence-electron chi connectivity index (χ1n) is 9.37. The molecule has 3 rings (SSSR count). The molecule has 3 aromatic carbocycles. The van der Waals surface area contributed by atoms with E-state index in [2.05, 4.69) is 10.5 Å². The van der Waals surface area contributed by atoms with Crippen molar-refractivity contribution in [2.75, 3.05) is 13.6 Å². The molecule has 0 aliphatic rings. The number of hydrogen-bond acceptors (Lipinski definition) is 4. The first kappa shape index (κ1) is 21.4. The molecule has 1 N–H and O–H groups in total. The molecule has 0 unspecified atom stereocenters. The van der Waals surface area contributed by atoms with Crippen LogP contribution >= 0.6 is 0 Å². The Morgan fingerprint density at radius 2 is 1.53 bits per heavy atom. The number of nitrogens with one attached hydrogen (secondary N) is 1. The van der Waals surface area contributed by atoms with Gasteiger partial charge in [0.05, 0.1) is 17.7 Å². The normalized spacial score (nSPS) is 11.7. The number of hydrazone groups is 1. The van der Waals surface area contributed by atoms with Crippen molar-refractivity contribution in [3.8, 4) is 11.1 Å². The number of benzene rings is 3. The zero-order valence-corrected chi connectivity index (χ0v) is 17.6. The SMILES string of the molecule is Cc1ccc(S(=O)(=O)N(C)CC(=O)N/N=C\c2ccc(-c3ccccc3)cc2)cc1. The summed E-state index contributed by atoms with van der Waals surface area (Å²) in [6.07, 6.45) is 1.52. The van der Waals surface area contributed by atoms with Crippen LogP contribution in [0.25, 0.3) is 11.1 Å². The van der Waals surface area contributed by atoms with Crippen LogP contribution in [-0.2, 0) is 14.8 Å². The quantitative estimate of drug-likeness (QED) is 0.469. The van der Waals surface area contributed by atoms with E-state index >= 15 is 0 Å². The minimum Gasteiger partial charge on any atom is -0.272 e. The molecule has 30 heavy (non-hydrogen) atoms. The number of amides is 1. The molecule has 0 atom stereocenters. The highest BCUT2D eigenvalue weighted by Gasteiger charge is 2.22. The van der Waals surface area contributed by atoms with Crippen LogP contribution in [0.5, 0.6) is 0 Å². The molecule has 0 aliphatic heterocycles. The predicted octanol–water partition coefficient (Wildman–Crippen LogP) is 3.43. The van der Waals surface area contributed by atoms with Gasteiger partial charge in [-0.3, -0.25) is 4.79 Å². The fourth-order valence-corrected chi connectivity index (χ4v) is 3.91. The van der Waals surface area contributed by atoms with Gasteiger partial charge in [-0.25, -0.2) is 13.8 Å². The predicted molar refractivity (Wildman–Crippen MR) is 119 cm³/mol. The third-order valence-corrected chi connectivity index (χ3v) is 6.33. The monoisotopic (exact) mass is 421 g/mol. The van der Waals surface area contributed by atoms with Crippen LogP contribution in [0, 0.1) is 6.92 Å². The van der Waals surface area contributed by atoms with Crippen LogP contribution in [0.15, 0.2) is 88.9 Å². The van der Waals surface area contributed by atoms with Crippen LogP contribution < -0.4 is 5.43 Å². The van der Waals surface area contributed by atoms with Gasteiger partial charge in [0.25, 0.3) is 5.91 Å². The Labute approximate surface area is 176 Å². The van der Waals surface area contributed by atoms with Crippen molar-refractivity contribution in [3.05, 3.63) is 90.0 Å². The molecule has 0 bridgehead atoms. The highest BCUT2D eigenvalue weighted by atomic mass is 32.2. The molecule has 0 aromatic heterocycles. The molecule has 1 amide bonds. The summed E-state index contributed by atoms with van der Waals surface area (Å²) in [4.78, 5) is 12.2. The number of hydrogen-bond donors (Lipinski definition) is 1. The minimum atomic E-state index is -3.74. The Balaban J connectivity index is 1.56. The highest BCUT2D eigenvalue weighted by molar-refractivity contribution is 7.89. The zero-order chi connectivity index (χ0) is 21.6. The van der Waals surface area contributed by atoms with Crippen molar-refractivity contribution >= 4 is 22.1 Å². The average molecular weight is 422 g/mol. The molecule has 154 valence electrons. The van der Waals surface area contributed by atoms with E-state index in [4.69, 9.17) is 0 Å². The zero-order valence-electron chi connectivity index (χ0n) is 16.8. The maximum atomic E-state index is 12.5. The van der Waals surface area contributed by atoms with Gasteiger partial charge in [0.2, 0.25) is 10.0 Å². The van der Waals surface area contributed by atoms with Crippen molar-refractivity contribution in [3.63, 3.8) is 0 Å². The second kappa shape index (κ2) is 9.47. The molecule has 0 saturated heterocycles. The molecular weight excluding hydrogens is 398 g/mol. The van der Waals surface area contributed by atoms with Crippen LogP contribution in [-0.4, -0.2) is 38.4 Å². The topological polar surface area (TPSA) is 78.8 Å². The van der Waals surface area contributed by atoms with E-state index in [0.717, 1.165) is 26.6 Å². The van der Waals surface area contributed by atoms with E-state index in [1.807, 2.05) is 61.5 Å². The average Bonchev–Trinajstić information content (AvgIpc) is 2.75. The molecule has 6 nitrogen and oxygen atoms in total. The third kappa shape index (κ3) is 5.40. The van der Waals surface area contributed by atoms with Gasteiger partial charge in [-0.15, -0.1) is 0 Å². The fraction of sp³-hybridized carbons (Fsp3) is 0.130. The number of rotatable bonds is 7. The first-order valence-corrected chi connectivity index (χ1v) is 10.8. The van der Waals surface area contributed by atoms with Crippen molar-refractivity contribution in [2.24, 2.45) is 5.10 Å². The standard InChI is InChI=1S/C23H23N3O3S/c1-18-8-14-22(15-9-18)30(28,29)26(2)17-23(27)25-24-16-19-10-12-21(13-11-19)20-6-4-3-5-7-20/h3-16H,17H2,1-2H3,(H,25,27)/b24-16-. The van der Waals surface area contributed by atoms with Gasteiger partial charge in [-0.2, -0.15) is 9.41 Å². The first-order chi connectivity index (χ1) is 14.4. The van der Waals surface area contributed by atoms with Gasteiger partial charge in [0, 0.05) is 7.05 Å². The van der Waals surface area contributed by atoms with Crippen LogP contribution in [0.2, 0.25) is 0 Å². The van der Waals surface area contributed by atoms with E-state index in [0.29, 0.717) is 0 Å². The van der Waals surface area contributed by atoms with Crippen molar-refractivity contribution < 1.29 is 13.2 Å². The molecule has 0 saturated carbocycles. The molecule has 0 radical (unpaired) electrons. The summed E-state index contributed by atoms with van der Waals surface area (Å²) in [7, 11) is -2.38. The molecule has 0 heterocycles. The molecule has 3 aromatic rings. The van der Waals surface area contributed by atoms with Crippen LogP contribution in [0.1, 0.15) is 11.1 Å². The number of aryl methyl sites for hydroxylation is 1. The highest BCUT2D eigenvalue weighted by Crippen LogP contribution is 2.18. The Kier molecular flexibility index (Phi) is 6.76. The van der Waals surface area contributed by atoms with E-state index in [9.17, 15) is 13.2 Å². The van der Waals surface area contributed by atoms with E-state index in [1.54, 1.807) is 12.1 Å². The summed E-state index contributed by atoms with van der Waals surface area (Å²) in [5, 5.41) is 3.92. The summed E-state index contributed by atoms with van der Waals surface area (Å²) in [5.41, 5.74) is 6.34. The van der Waals surface area contributed by atoms with Gasteiger partial charge in [-0.1, -0.05) is 72.3 Å². The second-order valence-electron chi connectivity index (χ2n) is 6.86. The lowest BCUT2D eigenvalue weighted by atomic mass is 10.0. The summed E-state index contributed by atoms with van der Waals surface area (Å²) in [5.74, 6) is -0.523. The van der Waals surface area contributed by atoms with E-state index in [1.165, 1.54) is 25.4 Å². The van der Waals surface area contributed by atoms with Gasteiger partial charge in [-0.05, 0) is 35.7 Å². The van der Waals surface area contributed by atoms with E-state index in [-0.39, 0.29) is 11.4 Å². The Hall–Kier alpha value is -3.29. The number of sulfonamides is 1. The lowest BCUT2D eigenvalue weighted by Crippen LogP contribution is -2.36. The van der Waals surface area contributed by atoms with Crippen molar-refractivity contribution in [2.45, 2.75) is 11.8 Å². The van der Waals surface area contributed by atoms with E-state index < -0.39 is 15.9 Å². The summed E-state index contributed by atoms with van der Waals surface area (Å²) >= 11 is 0. The summed E-state index contributed by atoms with van der Waals surface area (Å²) < 4.78 is 26.1. The Morgan fingerprint density at radius 1 is 0.933 bits per heavy atom. The third-order valence-electron chi connectivity index (χ3n) is 4.52. The molecule has 0 fully saturated rings. The van der Waals surface area contributed by atoms with Crippen LogP contribution in [0.3, 0.4) is 0 Å². The summed E-state index contributed by atoms with van der Waals surface area (Å²) in [6, 6.07) is 24.2. The van der Waals surface area contributed by atoms with Crippen LogP contribution in [0.4, 0.5) is 0 Å². The van der Waals surface area contributed by atoms with Crippen molar-refractivity contribution in [1.82, 2.24) is 9.73 Å². The summed E-state index contributed by atoms with van der Waals surface area (Å²) in [6.45, 7) is 1.54. The molecule has 0 aliphatic carbocycles. The number of likely N-dealkylation sites (N-methyl/N-ethyl adjacent to an activating group) is 1. The number of carbonyl (C=O) groups is 1. The second-order valence-corrected chi connectivity index (χ2v) is 8.90.